The lowest BCUT2D eigenvalue weighted by atomic mass is 9.78. The van der Waals surface area contributed by atoms with E-state index in [1.165, 1.54) is 29.8 Å². The number of nitrogens with zero attached hydrogens (tertiary/aromatic N) is 2. The van der Waals surface area contributed by atoms with E-state index < -0.39 is 0 Å². The molecule has 0 saturated carbocycles. The highest BCUT2D eigenvalue weighted by Crippen LogP contribution is 2.38. The molecule has 1 aromatic carbocycles. The van der Waals surface area contributed by atoms with Crippen LogP contribution in [0.15, 0.2) is 30.3 Å². The minimum atomic E-state index is 0.489. The third kappa shape index (κ3) is 4.15. The van der Waals surface area contributed by atoms with E-state index in [-0.39, 0.29) is 0 Å². The molecule has 0 amide bonds. The third-order valence-electron chi connectivity index (χ3n) is 5.95. The number of unbranched alkanes of at least 4 members (excludes halogenated alkanes) is 1. The first-order valence-corrected chi connectivity index (χ1v) is 10.4. The van der Waals surface area contributed by atoms with Crippen LogP contribution in [0.5, 0.6) is 0 Å². The number of hydrogen-bond donors (Lipinski definition) is 2. The molecule has 2 aliphatic heterocycles. The number of pyridine rings is 1. The summed E-state index contributed by atoms with van der Waals surface area (Å²) in [6.07, 6.45) is 3.18. The van der Waals surface area contributed by atoms with E-state index in [1.54, 1.807) is 0 Å². The van der Waals surface area contributed by atoms with Crippen LogP contribution in [0.3, 0.4) is 0 Å². The van der Waals surface area contributed by atoms with Crippen molar-refractivity contribution in [1.29, 1.82) is 0 Å². The summed E-state index contributed by atoms with van der Waals surface area (Å²) in [5, 5.41) is 3.43. The van der Waals surface area contributed by atoms with Gasteiger partial charge in [0, 0.05) is 37.3 Å². The molecular formula is C23H32N4O. The van der Waals surface area contributed by atoms with Crippen LogP contribution in [0, 0.1) is 12.3 Å². The molecule has 3 heterocycles. The predicted molar refractivity (Wildman–Crippen MR) is 115 cm³/mol. The Morgan fingerprint density at radius 2 is 1.89 bits per heavy atom. The van der Waals surface area contributed by atoms with Crippen molar-refractivity contribution in [2.24, 2.45) is 5.41 Å². The maximum Gasteiger partial charge on any atom is 0.147 e. The Labute approximate surface area is 168 Å². The Bertz CT molecular complexity index is 806. The summed E-state index contributed by atoms with van der Waals surface area (Å²) < 4.78 is 5.36. The maximum atomic E-state index is 6.10. The first kappa shape index (κ1) is 19.2. The van der Waals surface area contributed by atoms with E-state index in [4.69, 9.17) is 10.5 Å². The molecule has 5 nitrogen and oxygen atoms in total. The maximum absolute atomic E-state index is 6.10. The third-order valence-corrected chi connectivity index (χ3v) is 5.95. The fraction of sp³-hybridized carbons (Fsp3) is 0.522. The van der Waals surface area contributed by atoms with Gasteiger partial charge >= 0.3 is 0 Å². The summed E-state index contributed by atoms with van der Waals surface area (Å²) in [7, 11) is 0. The normalized spacial score (nSPS) is 17.9. The number of hydrogen-bond acceptors (Lipinski definition) is 5. The van der Waals surface area contributed by atoms with E-state index in [0.717, 1.165) is 56.9 Å². The van der Waals surface area contributed by atoms with Crippen LogP contribution >= 0.6 is 0 Å². The second kappa shape index (κ2) is 8.10. The molecule has 2 fully saturated rings. The van der Waals surface area contributed by atoms with Crippen LogP contribution < -0.4 is 11.1 Å². The van der Waals surface area contributed by atoms with E-state index >= 15 is 0 Å². The lowest BCUT2D eigenvalue weighted by Crippen LogP contribution is -2.65. The number of nitrogen functional groups attached to an aromatic ring is 1. The van der Waals surface area contributed by atoms with Gasteiger partial charge in [-0.15, -0.1) is 0 Å². The zero-order valence-electron chi connectivity index (χ0n) is 17.1. The van der Waals surface area contributed by atoms with Crippen LogP contribution in [0.2, 0.25) is 0 Å². The van der Waals surface area contributed by atoms with Crippen LogP contribution in [-0.4, -0.2) is 42.7 Å². The van der Waals surface area contributed by atoms with Gasteiger partial charge in [0.05, 0.1) is 18.9 Å². The molecule has 0 atom stereocenters. The van der Waals surface area contributed by atoms with Gasteiger partial charge in [0.15, 0.2) is 0 Å². The van der Waals surface area contributed by atoms with Crippen LogP contribution in [0.25, 0.3) is 0 Å². The van der Waals surface area contributed by atoms with Crippen molar-refractivity contribution in [3.63, 3.8) is 0 Å². The summed E-state index contributed by atoms with van der Waals surface area (Å²) in [6, 6.07) is 11.2. The second-order valence-electron chi connectivity index (χ2n) is 8.58. The lowest BCUT2D eigenvalue weighted by molar-refractivity contribution is -0.191. The zero-order valence-corrected chi connectivity index (χ0v) is 17.1. The molecule has 150 valence electrons. The standard InChI is InChI=1S/C23H32N4O/c1-3-4-9-25-21-11-20(17(2)26-22(21)24)10-18-5-7-19(8-6-18)12-27-13-23(14-27)15-28-16-23/h5-8,11,25H,3-4,9-10,12-16H2,1-2H3,(H2,24,26). The number of aryl methyl sites for hydroxylation is 1. The minimum Gasteiger partial charge on any atom is -0.382 e. The lowest BCUT2D eigenvalue weighted by Gasteiger charge is -2.55. The Morgan fingerprint density at radius 3 is 2.54 bits per heavy atom. The molecule has 1 aromatic heterocycles. The Balaban J connectivity index is 1.36. The average molecular weight is 381 g/mol. The fourth-order valence-corrected chi connectivity index (χ4v) is 4.21. The fourth-order valence-electron chi connectivity index (χ4n) is 4.21. The summed E-state index contributed by atoms with van der Waals surface area (Å²) in [6.45, 7) is 10.5. The van der Waals surface area contributed by atoms with Gasteiger partial charge in [-0.2, -0.15) is 0 Å². The Kier molecular flexibility index (Phi) is 5.56. The SMILES string of the molecule is CCCCNc1cc(Cc2ccc(CN3CC4(COC4)C3)cc2)c(C)nc1N. The Hall–Kier alpha value is -2.11. The van der Waals surface area contributed by atoms with E-state index in [9.17, 15) is 0 Å². The number of nitrogens with one attached hydrogen (secondary N) is 1. The Morgan fingerprint density at radius 1 is 1.18 bits per heavy atom. The minimum absolute atomic E-state index is 0.489. The van der Waals surface area contributed by atoms with Crippen LogP contribution in [0.4, 0.5) is 11.5 Å². The molecule has 2 saturated heterocycles. The molecule has 2 aromatic rings. The molecule has 0 unspecified atom stereocenters. The van der Waals surface area contributed by atoms with Crippen molar-refractivity contribution in [3.8, 4) is 0 Å². The van der Waals surface area contributed by atoms with Crippen LogP contribution in [-0.2, 0) is 17.7 Å². The molecule has 0 aliphatic carbocycles. The van der Waals surface area contributed by atoms with E-state index in [2.05, 4.69) is 52.5 Å². The highest BCUT2D eigenvalue weighted by molar-refractivity contribution is 5.63. The summed E-state index contributed by atoms with van der Waals surface area (Å²) in [4.78, 5) is 7.06. The van der Waals surface area contributed by atoms with Crippen molar-refractivity contribution < 1.29 is 4.74 Å². The van der Waals surface area contributed by atoms with Crippen molar-refractivity contribution in [1.82, 2.24) is 9.88 Å². The molecule has 4 rings (SSSR count). The average Bonchev–Trinajstić information content (AvgIpc) is 2.61. The van der Waals surface area contributed by atoms with Gasteiger partial charge in [-0.1, -0.05) is 37.6 Å². The zero-order chi connectivity index (χ0) is 19.6. The van der Waals surface area contributed by atoms with Gasteiger partial charge in [-0.3, -0.25) is 4.90 Å². The van der Waals surface area contributed by atoms with E-state index in [1.807, 2.05) is 6.92 Å². The topological polar surface area (TPSA) is 63.4 Å². The van der Waals surface area contributed by atoms with Gasteiger partial charge in [0.25, 0.3) is 0 Å². The smallest absolute Gasteiger partial charge is 0.147 e. The number of anilines is 2. The van der Waals surface area contributed by atoms with Gasteiger partial charge in [0.2, 0.25) is 0 Å². The summed E-state index contributed by atoms with van der Waals surface area (Å²) in [5.41, 5.74) is 12.5. The van der Waals surface area contributed by atoms with Crippen molar-refractivity contribution in [2.45, 2.75) is 39.7 Å². The number of benzene rings is 1. The number of aromatic nitrogens is 1. The molecule has 3 N–H and O–H groups in total. The van der Waals surface area contributed by atoms with Gasteiger partial charge in [-0.25, -0.2) is 4.98 Å². The number of likely N-dealkylation sites (tertiary alicyclic amines) is 1. The molecular weight excluding hydrogens is 348 g/mol. The van der Waals surface area contributed by atoms with Crippen molar-refractivity contribution in [3.05, 3.63) is 52.7 Å². The number of nitrogens with two attached hydrogens (primary N) is 1. The van der Waals surface area contributed by atoms with Gasteiger partial charge < -0.3 is 15.8 Å². The number of rotatable bonds is 8. The van der Waals surface area contributed by atoms with Crippen molar-refractivity contribution in [2.75, 3.05) is 43.9 Å². The molecule has 0 bridgehead atoms. The first-order chi connectivity index (χ1) is 13.6. The molecule has 1 spiro atoms. The summed E-state index contributed by atoms with van der Waals surface area (Å²) in [5.74, 6) is 0.594. The highest BCUT2D eigenvalue weighted by Gasteiger charge is 2.48. The van der Waals surface area contributed by atoms with Crippen LogP contribution in [0.1, 0.15) is 42.1 Å². The molecule has 0 radical (unpaired) electrons. The monoisotopic (exact) mass is 380 g/mol. The van der Waals surface area contributed by atoms with Gasteiger partial charge in [0.1, 0.15) is 5.82 Å². The second-order valence-corrected chi connectivity index (χ2v) is 8.58. The van der Waals surface area contributed by atoms with Gasteiger partial charge in [-0.05, 0) is 42.5 Å². The van der Waals surface area contributed by atoms with E-state index in [0.29, 0.717) is 11.2 Å². The first-order valence-electron chi connectivity index (χ1n) is 10.4. The highest BCUT2D eigenvalue weighted by atomic mass is 16.5. The quantitative estimate of drug-likeness (QED) is 0.685. The predicted octanol–water partition coefficient (Wildman–Crippen LogP) is 3.61. The molecule has 28 heavy (non-hydrogen) atoms. The molecule has 2 aliphatic rings. The number of ether oxygens (including phenoxy) is 1. The largest absolute Gasteiger partial charge is 0.382 e. The summed E-state index contributed by atoms with van der Waals surface area (Å²) >= 11 is 0. The van der Waals surface area contributed by atoms with Crippen molar-refractivity contribution >= 4 is 11.5 Å². The molecule has 5 heteroatoms.